The molecule has 0 unspecified atom stereocenters. The summed E-state index contributed by atoms with van der Waals surface area (Å²) in [6, 6.07) is 13.4. The molecule has 0 amide bonds. The highest BCUT2D eigenvalue weighted by atomic mass is 35.5. The Labute approximate surface area is 127 Å². The number of halogens is 1. The average Bonchev–Trinajstić information content (AvgIpc) is 2.52. The highest BCUT2D eigenvalue weighted by Crippen LogP contribution is 2.23. The molecule has 2 rings (SSSR count). The van der Waals surface area contributed by atoms with Gasteiger partial charge in [-0.05, 0) is 36.4 Å². The number of nitriles is 1. The fourth-order valence-electron chi connectivity index (χ4n) is 1.80. The second-order valence-corrected chi connectivity index (χ2v) is 4.66. The molecule has 0 atom stereocenters. The first-order valence-corrected chi connectivity index (χ1v) is 6.51. The zero-order chi connectivity index (χ0) is 15.2. The minimum Gasteiger partial charge on any atom is -0.496 e. The lowest BCUT2D eigenvalue weighted by atomic mass is 10.1. The van der Waals surface area contributed by atoms with Crippen molar-refractivity contribution in [2.75, 3.05) is 7.11 Å². The molecule has 0 N–H and O–H groups in total. The molecular formula is C16H12ClNO3. The molecule has 5 heteroatoms. The summed E-state index contributed by atoms with van der Waals surface area (Å²) in [5.41, 5.74) is 1.41. The zero-order valence-corrected chi connectivity index (χ0v) is 12.1. The van der Waals surface area contributed by atoms with E-state index in [1.165, 1.54) is 13.2 Å². The SMILES string of the molecule is COc1ccc(Cl)cc1COC(=O)c1cccc(C#N)c1. The Morgan fingerprint density at radius 2 is 2.10 bits per heavy atom. The van der Waals surface area contributed by atoms with Crippen LogP contribution in [0, 0.1) is 11.3 Å². The van der Waals surface area contributed by atoms with Crippen molar-refractivity contribution in [1.29, 1.82) is 5.26 Å². The fourth-order valence-corrected chi connectivity index (χ4v) is 2.00. The second kappa shape index (κ2) is 6.78. The van der Waals surface area contributed by atoms with Crippen molar-refractivity contribution < 1.29 is 14.3 Å². The van der Waals surface area contributed by atoms with Gasteiger partial charge >= 0.3 is 5.97 Å². The molecule has 0 aliphatic carbocycles. The molecule has 0 heterocycles. The molecule has 21 heavy (non-hydrogen) atoms. The van der Waals surface area contributed by atoms with E-state index in [4.69, 9.17) is 26.3 Å². The van der Waals surface area contributed by atoms with Crippen LogP contribution < -0.4 is 4.74 Å². The first kappa shape index (κ1) is 14.9. The van der Waals surface area contributed by atoms with Gasteiger partial charge in [0.25, 0.3) is 0 Å². The number of methoxy groups -OCH3 is 1. The lowest BCUT2D eigenvalue weighted by molar-refractivity contribution is 0.0470. The summed E-state index contributed by atoms with van der Waals surface area (Å²) in [6.45, 7) is 0.0410. The summed E-state index contributed by atoms with van der Waals surface area (Å²) in [4.78, 5) is 12.0. The fraction of sp³-hybridized carbons (Fsp3) is 0.125. The largest absolute Gasteiger partial charge is 0.496 e. The number of hydrogen-bond acceptors (Lipinski definition) is 4. The number of ether oxygens (including phenoxy) is 2. The van der Waals surface area contributed by atoms with Gasteiger partial charge in [0.1, 0.15) is 12.4 Å². The minimum atomic E-state index is -0.505. The van der Waals surface area contributed by atoms with Gasteiger partial charge in [0.15, 0.2) is 0 Å². The standard InChI is InChI=1S/C16H12ClNO3/c1-20-15-6-5-14(17)8-13(15)10-21-16(19)12-4-2-3-11(7-12)9-18/h2-8H,10H2,1H3. The highest BCUT2D eigenvalue weighted by molar-refractivity contribution is 6.30. The van der Waals surface area contributed by atoms with Crippen LogP contribution in [0.1, 0.15) is 21.5 Å². The van der Waals surface area contributed by atoms with Crippen LogP contribution in [0.25, 0.3) is 0 Å². The molecule has 0 aliphatic heterocycles. The third-order valence-electron chi connectivity index (χ3n) is 2.83. The van der Waals surface area contributed by atoms with Crippen molar-refractivity contribution in [1.82, 2.24) is 0 Å². The molecule has 0 bridgehead atoms. The third kappa shape index (κ3) is 3.74. The number of nitrogens with zero attached hydrogens (tertiary/aromatic N) is 1. The topological polar surface area (TPSA) is 59.3 Å². The molecule has 0 fully saturated rings. The molecule has 106 valence electrons. The van der Waals surface area contributed by atoms with Gasteiger partial charge in [-0.25, -0.2) is 4.79 Å². The van der Waals surface area contributed by atoms with E-state index < -0.39 is 5.97 Å². The maximum atomic E-state index is 12.0. The molecule has 0 saturated carbocycles. The van der Waals surface area contributed by atoms with Gasteiger partial charge in [-0.2, -0.15) is 5.26 Å². The van der Waals surface area contributed by atoms with Gasteiger partial charge in [-0.1, -0.05) is 17.7 Å². The van der Waals surface area contributed by atoms with Crippen molar-refractivity contribution in [3.63, 3.8) is 0 Å². The smallest absolute Gasteiger partial charge is 0.338 e. The van der Waals surface area contributed by atoms with E-state index in [-0.39, 0.29) is 6.61 Å². The lowest BCUT2D eigenvalue weighted by Gasteiger charge is -2.10. The van der Waals surface area contributed by atoms with Gasteiger partial charge in [-0.15, -0.1) is 0 Å². The van der Waals surface area contributed by atoms with Crippen molar-refractivity contribution >= 4 is 17.6 Å². The molecular weight excluding hydrogens is 290 g/mol. The molecule has 0 radical (unpaired) electrons. The minimum absolute atomic E-state index is 0.0410. The van der Waals surface area contributed by atoms with Gasteiger partial charge in [0.05, 0.1) is 24.3 Å². The number of esters is 1. The monoisotopic (exact) mass is 301 g/mol. The normalized spacial score (nSPS) is 9.76. The van der Waals surface area contributed by atoms with Crippen molar-refractivity contribution in [2.24, 2.45) is 0 Å². The second-order valence-electron chi connectivity index (χ2n) is 4.22. The highest BCUT2D eigenvalue weighted by Gasteiger charge is 2.10. The Kier molecular flexibility index (Phi) is 4.81. The molecule has 2 aromatic carbocycles. The summed E-state index contributed by atoms with van der Waals surface area (Å²) in [5, 5.41) is 9.35. The van der Waals surface area contributed by atoms with E-state index in [2.05, 4.69) is 0 Å². The maximum absolute atomic E-state index is 12.0. The Morgan fingerprint density at radius 3 is 2.81 bits per heavy atom. The van der Waals surface area contributed by atoms with E-state index in [1.54, 1.807) is 36.4 Å². The van der Waals surface area contributed by atoms with E-state index in [0.717, 1.165) is 0 Å². The third-order valence-corrected chi connectivity index (χ3v) is 3.06. The summed E-state index contributed by atoms with van der Waals surface area (Å²) in [7, 11) is 1.53. The summed E-state index contributed by atoms with van der Waals surface area (Å²) in [5.74, 6) is 0.0899. The van der Waals surface area contributed by atoms with Crippen LogP contribution in [0.15, 0.2) is 42.5 Å². The molecule has 2 aromatic rings. The van der Waals surface area contributed by atoms with Crippen molar-refractivity contribution in [3.05, 3.63) is 64.2 Å². The Hall–Kier alpha value is -2.51. The van der Waals surface area contributed by atoms with Crippen molar-refractivity contribution in [2.45, 2.75) is 6.61 Å². The molecule has 0 spiro atoms. The number of carbonyl (C=O) groups excluding carboxylic acids is 1. The Morgan fingerprint density at radius 1 is 1.29 bits per heavy atom. The molecule has 0 saturated heterocycles. The summed E-state index contributed by atoms with van der Waals surface area (Å²) >= 11 is 5.91. The first-order valence-electron chi connectivity index (χ1n) is 6.13. The van der Waals surface area contributed by atoms with E-state index >= 15 is 0 Å². The van der Waals surface area contributed by atoms with Crippen LogP contribution in [-0.4, -0.2) is 13.1 Å². The molecule has 4 nitrogen and oxygen atoms in total. The van der Waals surface area contributed by atoms with E-state index in [9.17, 15) is 4.79 Å². The van der Waals surface area contributed by atoms with Crippen LogP contribution in [0.3, 0.4) is 0 Å². The summed E-state index contributed by atoms with van der Waals surface area (Å²) < 4.78 is 10.4. The average molecular weight is 302 g/mol. The molecule has 0 aliphatic rings. The van der Waals surface area contributed by atoms with E-state index in [1.807, 2.05) is 6.07 Å². The van der Waals surface area contributed by atoms with Crippen LogP contribution in [-0.2, 0) is 11.3 Å². The van der Waals surface area contributed by atoms with Crippen LogP contribution in [0.4, 0.5) is 0 Å². The van der Waals surface area contributed by atoms with Gasteiger partial charge in [0, 0.05) is 10.6 Å². The quantitative estimate of drug-likeness (QED) is 0.810. The van der Waals surface area contributed by atoms with E-state index in [0.29, 0.717) is 27.5 Å². The number of carbonyl (C=O) groups is 1. The van der Waals surface area contributed by atoms with Gasteiger partial charge < -0.3 is 9.47 Å². The van der Waals surface area contributed by atoms with Gasteiger partial charge in [0.2, 0.25) is 0 Å². The maximum Gasteiger partial charge on any atom is 0.338 e. The van der Waals surface area contributed by atoms with Crippen LogP contribution in [0.2, 0.25) is 5.02 Å². The zero-order valence-electron chi connectivity index (χ0n) is 11.3. The number of benzene rings is 2. The van der Waals surface area contributed by atoms with Crippen LogP contribution >= 0.6 is 11.6 Å². The Balaban J connectivity index is 2.11. The Bertz CT molecular complexity index is 707. The van der Waals surface area contributed by atoms with Crippen molar-refractivity contribution in [3.8, 4) is 11.8 Å². The lowest BCUT2D eigenvalue weighted by Crippen LogP contribution is -2.06. The van der Waals surface area contributed by atoms with Gasteiger partial charge in [-0.3, -0.25) is 0 Å². The first-order chi connectivity index (χ1) is 10.1. The predicted molar refractivity (Wildman–Crippen MR) is 78.3 cm³/mol. The summed E-state index contributed by atoms with van der Waals surface area (Å²) in [6.07, 6.45) is 0. The molecule has 0 aromatic heterocycles. The number of hydrogen-bond donors (Lipinski definition) is 0. The number of rotatable bonds is 4. The predicted octanol–water partition coefficient (Wildman–Crippen LogP) is 3.58. The van der Waals surface area contributed by atoms with Crippen LogP contribution in [0.5, 0.6) is 5.75 Å².